The van der Waals surface area contributed by atoms with Gasteiger partial charge in [0.1, 0.15) is 5.75 Å². The Balaban J connectivity index is 1.71. The summed E-state index contributed by atoms with van der Waals surface area (Å²) < 4.78 is 29.9. The summed E-state index contributed by atoms with van der Waals surface area (Å²) in [5.41, 5.74) is 1.62. The van der Waals surface area contributed by atoms with Crippen molar-refractivity contribution in [3.63, 3.8) is 0 Å². The minimum Gasteiger partial charge on any atom is -0.482 e. The summed E-state index contributed by atoms with van der Waals surface area (Å²) in [6.07, 6.45) is 5.65. The molecule has 178 valence electrons. The molecule has 8 nitrogen and oxygen atoms in total. The number of carbonyl (C=O) groups is 2. The Morgan fingerprint density at radius 2 is 1.78 bits per heavy atom. The SMILES string of the molecule is Cc1ccc(NCC(=O)N(C2CCCCC2)C2CCS(=O)(=O)C2)c(OCC(=O)N(C)C)c1. The lowest BCUT2D eigenvalue weighted by Gasteiger charge is -2.38. The van der Waals surface area contributed by atoms with E-state index in [2.05, 4.69) is 5.32 Å². The number of hydrogen-bond donors (Lipinski definition) is 1. The van der Waals surface area contributed by atoms with Crippen molar-refractivity contribution in [3.8, 4) is 5.75 Å². The zero-order valence-electron chi connectivity index (χ0n) is 19.3. The van der Waals surface area contributed by atoms with Crippen LogP contribution in [0.2, 0.25) is 0 Å². The Bertz CT molecular complexity index is 926. The van der Waals surface area contributed by atoms with Crippen molar-refractivity contribution in [2.24, 2.45) is 0 Å². The fraction of sp³-hybridized carbons (Fsp3) is 0.652. The van der Waals surface area contributed by atoms with Gasteiger partial charge in [0.15, 0.2) is 16.4 Å². The van der Waals surface area contributed by atoms with Crippen LogP contribution in [0.4, 0.5) is 5.69 Å². The Labute approximate surface area is 191 Å². The van der Waals surface area contributed by atoms with Crippen LogP contribution in [0.15, 0.2) is 18.2 Å². The predicted octanol–water partition coefficient (Wildman–Crippen LogP) is 2.22. The van der Waals surface area contributed by atoms with Crippen LogP contribution in [0.25, 0.3) is 0 Å². The average Bonchev–Trinajstić information content (AvgIpc) is 3.11. The summed E-state index contributed by atoms with van der Waals surface area (Å²) >= 11 is 0. The number of amides is 2. The summed E-state index contributed by atoms with van der Waals surface area (Å²) in [5.74, 6) is 0.480. The Kier molecular flexibility index (Phi) is 8.03. The number of nitrogens with one attached hydrogen (secondary N) is 1. The Hall–Kier alpha value is -2.29. The van der Waals surface area contributed by atoms with Gasteiger partial charge in [-0.15, -0.1) is 0 Å². The summed E-state index contributed by atoms with van der Waals surface area (Å²) in [6.45, 7) is 1.89. The molecule has 2 amide bonds. The first kappa shape index (κ1) is 24.4. The molecule has 2 aliphatic rings. The van der Waals surface area contributed by atoms with Crippen LogP contribution in [0.5, 0.6) is 5.75 Å². The summed E-state index contributed by atoms with van der Waals surface area (Å²) in [4.78, 5) is 28.5. The third-order valence-corrected chi connectivity index (χ3v) is 8.03. The molecule has 3 rings (SSSR count). The molecule has 0 radical (unpaired) electrons. The number of anilines is 1. The van der Waals surface area contributed by atoms with Crippen LogP contribution in [0.3, 0.4) is 0 Å². The quantitative estimate of drug-likeness (QED) is 0.633. The highest BCUT2D eigenvalue weighted by Gasteiger charge is 2.38. The highest BCUT2D eigenvalue weighted by Crippen LogP contribution is 2.29. The zero-order valence-corrected chi connectivity index (χ0v) is 20.1. The number of nitrogens with zero attached hydrogens (tertiary/aromatic N) is 2. The number of carbonyl (C=O) groups excluding carboxylic acids is 2. The predicted molar refractivity (Wildman–Crippen MR) is 125 cm³/mol. The third kappa shape index (κ3) is 6.37. The molecular weight excluding hydrogens is 430 g/mol. The molecule has 2 fully saturated rings. The number of aryl methyl sites for hydroxylation is 1. The fourth-order valence-corrected chi connectivity index (χ4v) is 6.20. The van der Waals surface area contributed by atoms with Gasteiger partial charge in [0.05, 0.1) is 23.7 Å². The molecular formula is C23H35N3O5S. The first-order chi connectivity index (χ1) is 15.2. The molecule has 0 spiro atoms. The van der Waals surface area contributed by atoms with Crippen molar-refractivity contribution in [3.05, 3.63) is 23.8 Å². The maximum Gasteiger partial charge on any atom is 0.259 e. The van der Waals surface area contributed by atoms with E-state index in [0.717, 1.165) is 37.7 Å². The molecule has 0 bridgehead atoms. The van der Waals surface area contributed by atoms with Gasteiger partial charge in [0, 0.05) is 26.2 Å². The van der Waals surface area contributed by atoms with E-state index >= 15 is 0 Å². The van der Waals surface area contributed by atoms with Crippen LogP contribution >= 0.6 is 0 Å². The lowest BCUT2D eigenvalue weighted by molar-refractivity contribution is -0.134. The van der Waals surface area contributed by atoms with Crippen LogP contribution in [0.1, 0.15) is 44.1 Å². The standard InChI is InChI=1S/C23H35N3O5S/c1-17-9-10-20(21(13-17)31-15-23(28)25(2)3)24-14-22(27)26(18-7-5-4-6-8-18)19-11-12-32(29,30)16-19/h9-10,13,18-19,24H,4-8,11-12,14-16H2,1-3H3. The van der Waals surface area contributed by atoms with Crippen molar-refractivity contribution >= 4 is 27.3 Å². The molecule has 9 heteroatoms. The largest absolute Gasteiger partial charge is 0.482 e. The number of ether oxygens (including phenoxy) is 1. The van der Waals surface area contributed by atoms with E-state index < -0.39 is 9.84 Å². The van der Waals surface area contributed by atoms with E-state index in [1.807, 2.05) is 30.0 Å². The zero-order chi connectivity index (χ0) is 23.3. The lowest BCUT2D eigenvalue weighted by Crippen LogP contribution is -2.50. The fourth-order valence-electron chi connectivity index (χ4n) is 4.49. The highest BCUT2D eigenvalue weighted by molar-refractivity contribution is 7.91. The summed E-state index contributed by atoms with van der Waals surface area (Å²) in [6, 6.07) is 5.43. The van der Waals surface area contributed by atoms with E-state index in [1.54, 1.807) is 14.1 Å². The summed E-state index contributed by atoms with van der Waals surface area (Å²) in [5, 5.41) is 3.17. The molecule has 1 aromatic rings. The first-order valence-electron chi connectivity index (χ1n) is 11.4. The molecule has 1 aliphatic carbocycles. The van der Waals surface area contributed by atoms with Gasteiger partial charge in [-0.05, 0) is 43.9 Å². The molecule has 1 atom stereocenters. The number of rotatable bonds is 8. The van der Waals surface area contributed by atoms with Gasteiger partial charge in [0.25, 0.3) is 5.91 Å². The van der Waals surface area contributed by atoms with E-state index in [0.29, 0.717) is 17.9 Å². The molecule has 1 unspecified atom stereocenters. The van der Waals surface area contributed by atoms with Crippen molar-refractivity contribution in [2.45, 2.75) is 57.5 Å². The van der Waals surface area contributed by atoms with Crippen LogP contribution < -0.4 is 10.1 Å². The molecule has 1 aromatic carbocycles. The Morgan fingerprint density at radius 3 is 2.41 bits per heavy atom. The molecule has 1 aliphatic heterocycles. The minimum atomic E-state index is -3.08. The Morgan fingerprint density at radius 1 is 1.06 bits per heavy atom. The van der Waals surface area contributed by atoms with Gasteiger partial charge in [-0.3, -0.25) is 9.59 Å². The smallest absolute Gasteiger partial charge is 0.259 e. The third-order valence-electron chi connectivity index (χ3n) is 6.27. The van der Waals surface area contributed by atoms with Crippen molar-refractivity contribution in [2.75, 3.05) is 44.1 Å². The molecule has 1 heterocycles. The monoisotopic (exact) mass is 465 g/mol. The second-order valence-electron chi connectivity index (χ2n) is 9.08. The maximum absolute atomic E-state index is 13.3. The highest BCUT2D eigenvalue weighted by atomic mass is 32.2. The normalized spacial score (nSPS) is 20.5. The van der Waals surface area contributed by atoms with Crippen LogP contribution in [-0.4, -0.2) is 80.9 Å². The van der Waals surface area contributed by atoms with Gasteiger partial charge >= 0.3 is 0 Å². The van der Waals surface area contributed by atoms with Gasteiger partial charge in [-0.1, -0.05) is 25.3 Å². The molecule has 1 saturated heterocycles. The van der Waals surface area contributed by atoms with Crippen LogP contribution in [-0.2, 0) is 19.4 Å². The number of likely N-dealkylation sites (N-methyl/N-ethyl adjacent to an activating group) is 1. The minimum absolute atomic E-state index is 0.0497. The number of hydrogen-bond acceptors (Lipinski definition) is 6. The summed E-state index contributed by atoms with van der Waals surface area (Å²) in [7, 11) is 0.255. The molecule has 1 N–H and O–H groups in total. The van der Waals surface area contributed by atoms with Gasteiger partial charge in [-0.25, -0.2) is 8.42 Å². The topological polar surface area (TPSA) is 96.0 Å². The second-order valence-corrected chi connectivity index (χ2v) is 11.3. The van der Waals surface area contributed by atoms with Crippen LogP contribution in [0, 0.1) is 6.92 Å². The van der Waals surface area contributed by atoms with Crippen molar-refractivity contribution in [1.29, 1.82) is 0 Å². The van der Waals surface area contributed by atoms with Crippen molar-refractivity contribution < 1.29 is 22.7 Å². The molecule has 1 saturated carbocycles. The number of benzene rings is 1. The average molecular weight is 466 g/mol. The van der Waals surface area contributed by atoms with E-state index in [1.165, 1.54) is 4.90 Å². The lowest BCUT2D eigenvalue weighted by atomic mass is 9.93. The van der Waals surface area contributed by atoms with Gasteiger partial charge in [-0.2, -0.15) is 0 Å². The number of sulfone groups is 1. The van der Waals surface area contributed by atoms with E-state index in [9.17, 15) is 18.0 Å². The van der Waals surface area contributed by atoms with E-state index in [4.69, 9.17) is 4.74 Å². The second kappa shape index (κ2) is 10.6. The molecule has 0 aromatic heterocycles. The van der Waals surface area contributed by atoms with Crippen molar-refractivity contribution in [1.82, 2.24) is 9.80 Å². The molecule has 32 heavy (non-hydrogen) atoms. The van der Waals surface area contributed by atoms with Gasteiger partial charge < -0.3 is 19.9 Å². The first-order valence-corrected chi connectivity index (χ1v) is 13.2. The van der Waals surface area contributed by atoms with Gasteiger partial charge in [0.2, 0.25) is 5.91 Å². The van der Waals surface area contributed by atoms with E-state index in [-0.39, 0.29) is 48.6 Å². The maximum atomic E-state index is 13.3.